The van der Waals surface area contributed by atoms with Gasteiger partial charge in [-0.3, -0.25) is 14.4 Å². The molecule has 9 heteroatoms. The second kappa shape index (κ2) is 10.6. The molecule has 1 unspecified atom stereocenters. The van der Waals surface area contributed by atoms with Gasteiger partial charge in [0.25, 0.3) is 5.91 Å². The van der Waals surface area contributed by atoms with Crippen molar-refractivity contribution < 1.29 is 19.1 Å². The van der Waals surface area contributed by atoms with Gasteiger partial charge in [-0.15, -0.1) is 0 Å². The van der Waals surface area contributed by atoms with E-state index in [2.05, 4.69) is 22.3 Å². The first-order chi connectivity index (χ1) is 16.0. The predicted octanol–water partition coefficient (Wildman–Crippen LogP) is 1.78. The molecule has 2 aliphatic rings. The highest BCUT2D eigenvalue weighted by Gasteiger charge is 2.36. The van der Waals surface area contributed by atoms with Crippen molar-refractivity contribution >= 4 is 35.0 Å². The number of nitrogens with zero attached hydrogens (tertiary/aromatic N) is 3. The Labute approximate surface area is 198 Å². The summed E-state index contributed by atoms with van der Waals surface area (Å²) in [6, 6.07) is 15.9. The van der Waals surface area contributed by atoms with Gasteiger partial charge in [0.05, 0.1) is 6.42 Å². The van der Waals surface area contributed by atoms with Crippen LogP contribution in [0.4, 0.5) is 5.69 Å². The summed E-state index contributed by atoms with van der Waals surface area (Å²) in [4.78, 5) is 43.8. The van der Waals surface area contributed by atoms with Gasteiger partial charge < -0.3 is 24.8 Å². The minimum Gasteiger partial charge on any atom is -0.484 e. The maximum absolute atomic E-state index is 13.0. The first kappa shape index (κ1) is 22.9. The van der Waals surface area contributed by atoms with Crippen LogP contribution in [-0.4, -0.2) is 79.4 Å². The van der Waals surface area contributed by atoms with Gasteiger partial charge in [0, 0.05) is 50.0 Å². The molecule has 2 aliphatic heterocycles. The monoisotopic (exact) mass is 470 g/mol. The van der Waals surface area contributed by atoms with Crippen molar-refractivity contribution in [3.8, 4) is 5.75 Å². The van der Waals surface area contributed by atoms with Crippen molar-refractivity contribution in [2.24, 2.45) is 0 Å². The Morgan fingerprint density at radius 2 is 1.64 bits per heavy atom. The zero-order valence-corrected chi connectivity index (χ0v) is 19.0. The van der Waals surface area contributed by atoms with Crippen LogP contribution in [-0.2, 0) is 14.4 Å². The van der Waals surface area contributed by atoms with Crippen molar-refractivity contribution in [2.75, 3.05) is 50.8 Å². The Morgan fingerprint density at radius 1 is 0.939 bits per heavy atom. The van der Waals surface area contributed by atoms with Gasteiger partial charge in [-0.25, -0.2) is 0 Å². The number of hydrogen-bond donors (Lipinski definition) is 1. The summed E-state index contributed by atoms with van der Waals surface area (Å²) in [6.45, 7) is 3.09. The van der Waals surface area contributed by atoms with Crippen LogP contribution in [0.1, 0.15) is 6.42 Å². The molecule has 0 saturated carbocycles. The summed E-state index contributed by atoms with van der Waals surface area (Å²) in [5.41, 5.74) is 1.13. The number of halogens is 1. The van der Waals surface area contributed by atoms with Gasteiger partial charge in [-0.1, -0.05) is 29.8 Å². The smallest absolute Gasteiger partial charge is 0.261 e. The molecule has 1 N–H and O–H groups in total. The largest absolute Gasteiger partial charge is 0.484 e. The lowest BCUT2D eigenvalue weighted by Crippen LogP contribution is -2.60. The van der Waals surface area contributed by atoms with Gasteiger partial charge >= 0.3 is 0 Å². The van der Waals surface area contributed by atoms with E-state index in [9.17, 15) is 14.4 Å². The summed E-state index contributed by atoms with van der Waals surface area (Å²) >= 11 is 5.87. The molecule has 0 radical (unpaired) electrons. The fraction of sp³-hybridized carbons (Fsp3) is 0.375. The third-order valence-electron chi connectivity index (χ3n) is 5.95. The highest BCUT2D eigenvalue weighted by Crippen LogP contribution is 2.19. The number of carbonyl (C=O) groups is 3. The Balaban J connectivity index is 1.32. The summed E-state index contributed by atoms with van der Waals surface area (Å²) in [5.74, 6) is -0.247. The zero-order valence-electron chi connectivity index (χ0n) is 18.3. The maximum Gasteiger partial charge on any atom is 0.261 e. The first-order valence-electron chi connectivity index (χ1n) is 11.0. The number of para-hydroxylation sites is 1. The van der Waals surface area contributed by atoms with Crippen LogP contribution in [0.5, 0.6) is 5.75 Å². The molecule has 0 spiro atoms. The molecule has 0 bridgehead atoms. The standard InChI is InChI=1S/C24H27ClN4O4/c25-18-6-8-20(9-7-18)33-17-23(31)29-11-10-26-24(32)21(29)16-22(30)28-14-12-27(13-15-28)19-4-2-1-3-5-19/h1-9,21H,10-17H2,(H,26,32). The highest BCUT2D eigenvalue weighted by atomic mass is 35.5. The summed E-state index contributed by atoms with van der Waals surface area (Å²) in [6.07, 6.45) is -0.0378. The van der Waals surface area contributed by atoms with Crippen molar-refractivity contribution in [3.05, 3.63) is 59.6 Å². The number of carbonyl (C=O) groups excluding carboxylic acids is 3. The lowest BCUT2D eigenvalue weighted by Gasteiger charge is -2.38. The van der Waals surface area contributed by atoms with E-state index in [-0.39, 0.29) is 30.7 Å². The number of benzene rings is 2. The summed E-state index contributed by atoms with van der Waals surface area (Å²) in [7, 11) is 0. The van der Waals surface area contributed by atoms with E-state index < -0.39 is 6.04 Å². The quantitative estimate of drug-likeness (QED) is 0.696. The lowest BCUT2D eigenvalue weighted by molar-refractivity contribution is -0.148. The van der Waals surface area contributed by atoms with Crippen molar-refractivity contribution in [2.45, 2.75) is 12.5 Å². The number of piperazine rings is 2. The second-order valence-electron chi connectivity index (χ2n) is 8.04. The number of hydrogen-bond acceptors (Lipinski definition) is 5. The van der Waals surface area contributed by atoms with E-state index in [1.54, 1.807) is 29.2 Å². The molecule has 2 heterocycles. The summed E-state index contributed by atoms with van der Waals surface area (Å²) < 4.78 is 5.55. The van der Waals surface area contributed by atoms with Crippen LogP contribution >= 0.6 is 11.6 Å². The molecular formula is C24H27ClN4O4. The molecule has 174 valence electrons. The maximum atomic E-state index is 13.0. The van der Waals surface area contributed by atoms with E-state index >= 15 is 0 Å². The number of anilines is 1. The van der Waals surface area contributed by atoms with E-state index in [0.29, 0.717) is 37.0 Å². The molecule has 33 heavy (non-hydrogen) atoms. The molecule has 2 aromatic rings. The zero-order chi connectivity index (χ0) is 23.2. The van der Waals surface area contributed by atoms with Gasteiger partial charge in [0.15, 0.2) is 6.61 Å². The average Bonchev–Trinajstić information content (AvgIpc) is 2.85. The third kappa shape index (κ3) is 5.76. The Kier molecular flexibility index (Phi) is 7.34. The molecule has 2 saturated heterocycles. The number of ether oxygens (including phenoxy) is 1. The normalized spacial score (nSPS) is 18.6. The number of rotatable bonds is 6. The van der Waals surface area contributed by atoms with Gasteiger partial charge in [-0.05, 0) is 36.4 Å². The average molecular weight is 471 g/mol. The number of amides is 3. The van der Waals surface area contributed by atoms with Crippen LogP contribution in [0.25, 0.3) is 0 Å². The molecular weight excluding hydrogens is 444 g/mol. The Bertz CT molecular complexity index is 978. The van der Waals surface area contributed by atoms with Crippen LogP contribution < -0.4 is 15.0 Å². The fourth-order valence-corrected chi connectivity index (χ4v) is 4.25. The number of nitrogens with one attached hydrogen (secondary N) is 1. The molecule has 2 fully saturated rings. The van der Waals surface area contributed by atoms with Crippen LogP contribution in [0.2, 0.25) is 5.02 Å². The van der Waals surface area contributed by atoms with Crippen LogP contribution in [0, 0.1) is 0 Å². The highest BCUT2D eigenvalue weighted by molar-refractivity contribution is 6.30. The van der Waals surface area contributed by atoms with Crippen molar-refractivity contribution in [1.82, 2.24) is 15.1 Å². The third-order valence-corrected chi connectivity index (χ3v) is 6.20. The second-order valence-corrected chi connectivity index (χ2v) is 8.48. The Morgan fingerprint density at radius 3 is 2.33 bits per heavy atom. The molecule has 8 nitrogen and oxygen atoms in total. The van der Waals surface area contributed by atoms with Crippen LogP contribution in [0.3, 0.4) is 0 Å². The van der Waals surface area contributed by atoms with Gasteiger partial charge in [0.1, 0.15) is 11.8 Å². The fourth-order valence-electron chi connectivity index (χ4n) is 4.12. The molecule has 3 amide bonds. The van der Waals surface area contributed by atoms with Gasteiger partial charge in [0.2, 0.25) is 11.8 Å². The van der Waals surface area contributed by atoms with E-state index in [4.69, 9.17) is 16.3 Å². The van der Waals surface area contributed by atoms with Crippen molar-refractivity contribution in [3.63, 3.8) is 0 Å². The minimum absolute atomic E-state index is 0.0378. The molecule has 4 rings (SSSR count). The topological polar surface area (TPSA) is 82.2 Å². The lowest BCUT2D eigenvalue weighted by atomic mass is 10.1. The van der Waals surface area contributed by atoms with E-state index in [0.717, 1.165) is 18.8 Å². The predicted molar refractivity (Wildman–Crippen MR) is 125 cm³/mol. The first-order valence-corrected chi connectivity index (χ1v) is 11.4. The molecule has 0 aliphatic carbocycles. The van der Waals surface area contributed by atoms with E-state index in [1.807, 2.05) is 18.2 Å². The molecule has 0 aromatic heterocycles. The summed E-state index contributed by atoms with van der Waals surface area (Å²) in [5, 5.41) is 3.34. The molecule has 2 aromatic carbocycles. The van der Waals surface area contributed by atoms with Gasteiger partial charge in [-0.2, -0.15) is 0 Å². The SMILES string of the molecule is O=C1NCCN(C(=O)COc2ccc(Cl)cc2)C1CC(=O)N1CCN(c2ccccc2)CC1. The van der Waals surface area contributed by atoms with E-state index in [1.165, 1.54) is 4.90 Å². The minimum atomic E-state index is -0.834. The van der Waals surface area contributed by atoms with Crippen molar-refractivity contribution in [1.29, 1.82) is 0 Å². The molecule has 1 atom stereocenters. The van der Waals surface area contributed by atoms with Crippen LogP contribution in [0.15, 0.2) is 54.6 Å². The Hall–Kier alpha value is -3.26.